The lowest BCUT2D eigenvalue weighted by Crippen LogP contribution is -2.05. The van der Waals surface area contributed by atoms with Crippen LogP contribution in [0.25, 0.3) is 27.1 Å². The maximum Gasteiger partial charge on any atom is 0.215 e. The predicted molar refractivity (Wildman–Crippen MR) is 99.9 cm³/mol. The average Bonchev–Trinajstić information content (AvgIpc) is 3.32. The molecule has 0 N–H and O–H groups in total. The molecule has 32 heavy (non-hydrogen) atoms. The standard InChI is InChI=1S/C22F2N8/c1-32-22-13(8-31)17-19(15(22)10(4-27)5-28)21(24)18-14(9(2-25)3-26)11(6-29)12(7-30)16(18)20(17)23. The summed E-state index contributed by atoms with van der Waals surface area (Å²) in [5.74, 6) is -2.76. The molecule has 1 aromatic carbocycles. The summed E-state index contributed by atoms with van der Waals surface area (Å²) >= 11 is 0. The third kappa shape index (κ3) is 2.31. The summed E-state index contributed by atoms with van der Waals surface area (Å²) in [4.78, 5) is 3.06. The largest absolute Gasteiger partial charge is 0.236 e. The highest BCUT2D eigenvalue weighted by Crippen LogP contribution is 2.53. The van der Waals surface area contributed by atoms with Gasteiger partial charge in [-0.15, -0.1) is 0 Å². The van der Waals surface area contributed by atoms with E-state index in [0.717, 1.165) is 0 Å². The highest BCUT2D eigenvalue weighted by Gasteiger charge is 2.43. The maximum absolute atomic E-state index is 15.9. The zero-order valence-electron chi connectivity index (χ0n) is 15.3. The Balaban J connectivity index is 2.76. The van der Waals surface area contributed by atoms with Crippen LogP contribution in [0.4, 0.5) is 8.78 Å². The van der Waals surface area contributed by atoms with E-state index in [9.17, 15) is 36.8 Å². The molecular weight excluding hydrogens is 414 g/mol. The number of nitrogens with zero attached hydrogens (tertiary/aromatic N) is 8. The fraction of sp³-hybridized carbons (Fsp3) is 0. The van der Waals surface area contributed by atoms with Gasteiger partial charge in [0.2, 0.25) is 5.70 Å². The van der Waals surface area contributed by atoms with Crippen molar-refractivity contribution in [1.29, 1.82) is 36.8 Å². The van der Waals surface area contributed by atoms with Crippen molar-refractivity contribution in [2.24, 2.45) is 0 Å². The molecule has 3 rings (SSSR count). The normalized spacial score (nSPS) is 12.7. The minimum atomic E-state index is -1.39. The summed E-state index contributed by atoms with van der Waals surface area (Å²) in [5, 5.41) is 65.6. The molecule has 0 aliphatic heterocycles. The molecule has 0 saturated carbocycles. The van der Waals surface area contributed by atoms with Crippen molar-refractivity contribution < 1.29 is 8.78 Å². The SMILES string of the molecule is [C-]#[N+]C1=C(C#N)c2c(F)c3c(c(F)c2C1=C(C#N)C#N)C(=C(C#N)C#N)C(C#N)=C3C#N. The van der Waals surface area contributed by atoms with Gasteiger partial charge in [-0.1, -0.05) is 0 Å². The molecule has 8 nitrogen and oxygen atoms in total. The van der Waals surface area contributed by atoms with Crippen LogP contribution >= 0.6 is 0 Å². The van der Waals surface area contributed by atoms with E-state index >= 15 is 8.78 Å². The van der Waals surface area contributed by atoms with Gasteiger partial charge in [0.25, 0.3) is 0 Å². The van der Waals surface area contributed by atoms with E-state index in [1.807, 2.05) is 0 Å². The minimum absolute atomic E-state index is 0.624. The number of rotatable bonds is 0. The van der Waals surface area contributed by atoms with E-state index in [1.54, 1.807) is 18.2 Å². The van der Waals surface area contributed by atoms with Crippen molar-refractivity contribution in [1.82, 2.24) is 0 Å². The van der Waals surface area contributed by atoms with E-state index in [0.29, 0.717) is 0 Å². The van der Waals surface area contributed by atoms with Gasteiger partial charge in [0.05, 0.1) is 29.4 Å². The zero-order valence-corrected chi connectivity index (χ0v) is 15.3. The van der Waals surface area contributed by atoms with Crippen molar-refractivity contribution in [3.05, 3.63) is 67.7 Å². The summed E-state index contributed by atoms with van der Waals surface area (Å²) in [6.07, 6.45) is 0. The van der Waals surface area contributed by atoms with E-state index in [-0.39, 0.29) is 0 Å². The minimum Gasteiger partial charge on any atom is -0.236 e. The second-order valence-corrected chi connectivity index (χ2v) is 6.00. The Labute approximate surface area is 178 Å². The van der Waals surface area contributed by atoms with Crippen molar-refractivity contribution in [3.8, 4) is 42.5 Å². The molecular formula is C22F2N8. The van der Waals surface area contributed by atoms with Crippen LogP contribution in [0.2, 0.25) is 0 Å². The number of benzene rings is 1. The molecule has 0 spiro atoms. The Kier molecular flexibility index (Phi) is 4.79. The number of nitriles is 7. The van der Waals surface area contributed by atoms with Gasteiger partial charge in [-0.25, -0.2) is 13.6 Å². The molecule has 0 radical (unpaired) electrons. The van der Waals surface area contributed by atoms with Gasteiger partial charge < -0.3 is 0 Å². The van der Waals surface area contributed by atoms with Crippen LogP contribution in [-0.2, 0) is 0 Å². The van der Waals surface area contributed by atoms with E-state index in [4.69, 9.17) is 6.57 Å². The van der Waals surface area contributed by atoms with E-state index in [1.165, 1.54) is 24.3 Å². The van der Waals surface area contributed by atoms with Gasteiger partial charge in [-0.05, 0) is 0 Å². The third-order valence-electron chi connectivity index (χ3n) is 4.75. The molecule has 0 fully saturated rings. The van der Waals surface area contributed by atoms with Crippen LogP contribution < -0.4 is 0 Å². The number of fused-ring (bicyclic) bond motifs is 2. The van der Waals surface area contributed by atoms with Crippen LogP contribution in [0.1, 0.15) is 22.3 Å². The third-order valence-corrected chi connectivity index (χ3v) is 4.75. The molecule has 0 bridgehead atoms. The highest BCUT2D eigenvalue weighted by molar-refractivity contribution is 6.14. The lowest BCUT2D eigenvalue weighted by Gasteiger charge is -2.13. The Morgan fingerprint density at radius 2 is 1.00 bits per heavy atom. The van der Waals surface area contributed by atoms with Gasteiger partial charge in [0, 0.05) is 33.4 Å². The zero-order chi connectivity index (χ0) is 23.7. The van der Waals surface area contributed by atoms with E-state index < -0.39 is 78.6 Å². The first kappa shape index (κ1) is 20.7. The fourth-order valence-corrected chi connectivity index (χ4v) is 3.58. The summed E-state index contributed by atoms with van der Waals surface area (Å²) in [7, 11) is 0. The summed E-state index contributed by atoms with van der Waals surface area (Å²) in [6, 6.07) is 10.5. The Morgan fingerprint density at radius 3 is 1.44 bits per heavy atom. The molecule has 2 aliphatic carbocycles. The van der Waals surface area contributed by atoms with Crippen LogP contribution in [0, 0.1) is 97.5 Å². The number of halogens is 2. The summed E-state index contributed by atoms with van der Waals surface area (Å²) < 4.78 is 31.6. The maximum atomic E-state index is 15.9. The predicted octanol–water partition coefficient (Wildman–Crippen LogP) is 3.55. The number of hydrogen-bond acceptors (Lipinski definition) is 7. The molecule has 0 atom stereocenters. The molecule has 0 aromatic heterocycles. The number of hydrogen-bond donors (Lipinski definition) is 0. The second kappa shape index (κ2) is 7.41. The molecule has 0 amide bonds. The van der Waals surface area contributed by atoms with Crippen LogP contribution in [0.5, 0.6) is 0 Å². The quantitative estimate of drug-likeness (QED) is 0.461. The number of allylic oxidation sites excluding steroid dienone is 7. The molecule has 0 unspecified atom stereocenters. The fourth-order valence-electron chi connectivity index (χ4n) is 3.58. The van der Waals surface area contributed by atoms with Crippen molar-refractivity contribution in [2.45, 2.75) is 0 Å². The van der Waals surface area contributed by atoms with Gasteiger partial charge in [0.15, 0.2) is 0 Å². The monoisotopic (exact) mass is 414 g/mol. The van der Waals surface area contributed by atoms with Crippen LogP contribution in [-0.4, -0.2) is 0 Å². The summed E-state index contributed by atoms with van der Waals surface area (Å²) in [5.41, 5.74) is -8.48. The van der Waals surface area contributed by atoms with Crippen LogP contribution in [0.3, 0.4) is 0 Å². The van der Waals surface area contributed by atoms with E-state index in [2.05, 4.69) is 4.85 Å². The van der Waals surface area contributed by atoms with Crippen molar-refractivity contribution in [2.75, 3.05) is 0 Å². The van der Waals surface area contributed by atoms with Crippen molar-refractivity contribution >= 4 is 22.3 Å². The lowest BCUT2D eigenvalue weighted by molar-refractivity contribution is 0.590. The smallest absolute Gasteiger partial charge is 0.215 e. The molecule has 0 heterocycles. The Hall–Kier alpha value is -6.04. The lowest BCUT2D eigenvalue weighted by atomic mass is 9.90. The first-order valence-corrected chi connectivity index (χ1v) is 8.14. The summed E-state index contributed by atoms with van der Waals surface area (Å²) in [6.45, 7) is 7.31. The van der Waals surface area contributed by atoms with Gasteiger partial charge in [-0.2, -0.15) is 36.8 Å². The molecule has 1 aromatic rings. The molecule has 2 aliphatic rings. The van der Waals surface area contributed by atoms with Crippen LogP contribution in [0.15, 0.2) is 22.4 Å². The van der Waals surface area contributed by atoms with Crippen molar-refractivity contribution in [3.63, 3.8) is 0 Å². The molecule has 0 saturated heterocycles. The topological polar surface area (TPSA) is 171 Å². The Bertz CT molecular complexity index is 1510. The molecule has 10 heteroatoms. The van der Waals surface area contributed by atoms with Gasteiger partial charge >= 0.3 is 0 Å². The van der Waals surface area contributed by atoms with Gasteiger partial charge in [0.1, 0.15) is 59.2 Å². The molecule has 142 valence electrons. The first-order chi connectivity index (χ1) is 15.4. The highest BCUT2D eigenvalue weighted by atomic mass is 19.1. The van der Waals surface area contributed by atoms with Gasteiger partial charge in [-0.3, -0.25) is 0 Å². The average molecular weight is 414 g/mol. The Morgan fingerprint density at radius 1 is 0.594 bits per heavy atom. The second-order valence-electron chi connectivity index (χ2n) is 6.00. The first-order valence-electron chi connectivity index (χ1n) is 8.14.